The predicted octanol–water partition coefficient (Wildman–Crippen LogP) is 3.14. The van der Waals surface area contributed by atoms with Crippen LogP contribution < -0.4 is 10.1 Å². The predicted molar refractivity (Wildman–Crippen MR) is 87.7 cm³/mol. The van der Waals surface area contributed by atoms with Crippen LogP contribution in [-0.4, -0.2) is 25.1 Å². The third-order valence-corrected chi connectivity index (χ3v) is 3.18. The first kappa shape index (κ1) is 19.8. The molecule has 6 nitrogen and oxygen atoms in total. The number of benzene rings is 2. The van der Waals surface area contributed by atoms with Gasteiger partial charge in [-0.15, -0.1) is 0 Å². The first-order valence-corrected chi connectivity index (χ1v) is 7.53. The number of anilines is 1. The van der Waals surface area contributed by atoms with E-state index in [1.165, 1.54) is 30.3 Å². The van der Waals surface area contributed by atoms with Crippen LogP contribution in [0, 0.1) is 11.3 Å². The summed E-state index contributed by atoms with van der Waals surface area (Å²) in [6.07, 6.45) is -4.52. The average Bonchev–Trinajstić information content (AvgIpc) is 2.65. The van der Waals surface area contributed by atoms with Gasteiger partial charge in [-0.3, -0.25) is 4.79 Å². The summed E-state index contributed by atoms with van der Waals surface area (Å²) in [6.45, 7) is -1.24. The number of nitriles is 1. The molecule has 0 aliphatic rings. The number of nitrogens with zero attached hydrogens (tertiary/aromatic N) is 1. The summed E-state index contributed by atoms with van der Waals surface area (Å²) in [4.78, 5) is 23.2. The van der Waals surface area contributed by atoms with Crippen molar-refractivity contribution in [1.82, 2.24) is 0 Å². The van der Waals surface area contributed by atoms with Gasteiger partial charge in [0.2, 0.25) is 0 Å². The molecule has 0 atom stereocenters. The lowest BCUT2D eigenvalue weighted by atomic mass is 10.2. The van der Waals surface area contributed by atoms with Crippen molar-refractivity contribution in [3.05, 3.63) is 59.7 Å². The molecule has 0 fully saturated rings. The molecule has 0 saturated carbocycles. The Morgan fingerprint density at radius 3 is 2.41 bits per heavy atom. The van der Waals surface area contributed by atoms with E-state index < -0.39 is 36.8 Å². The van der Waals surface area contributed by atoms with E-state index in [4.69, 9.17) is 10.00 Å². The largest absolute Gasteiger partial charge is 0.482 e. The van der Waals surface area contributed by atoms with E-state index >= 15 is 0 Å². The number of alkyl halides is 3. The number of esters is 1. The number of nitrogens with one attached hydrogen (secondary N) is 1. The monoisotopic (exact) mass is 378 g/mol. The van der Waals surface area contributed by atoms with E-state index in [9.17, 15) is 22.8 Å². The summed E-state index contributed by atoms with van der Waals surface area (Å²) in [7, 11) is 0. The molecule has 27 heavy (non-hydrogen) atoms. The summed E-state index contributed by atoms with van der Waals surface area (Å²) in [5, 5.41) is 11.1. The zero-order valence-electron chi connectivity index (χ0n) is 13.7. The van der Waals surface area contributed by atoms with E-state index in [2.05, 4.69) is 10.1 Å². The van der Waals surface area contributed by atoms with Gasteiger partial charge in [-0.1, -0.05) is 6.07 Å². The van der Waals surface area contributed by atoms with Gasteiger partial charge >= 0.3 is 12.1 Å². The number of ether oxygens (including phenoxy) is 2. The summed E-state index contributed by atoms with van der Waals surface area (Å²) in [5.74, 6) is -1.68. The second-order valence-corrected chi connectivity index (χ2v) is 5.21. The standard InChI is InChI=1S/C18H13F3N2O4/c19-18(20,21)13-2-1-3-15(8-13)26-11-17(25)27-10-16(24)23-14-6-4-12(9-22)5-7-14/h1-8H,10-11H2,(H,23,24). The molecule has 0 aromatic heterocycles. The molecule has 0 aliphatic heterocycles. The zero-order chi connectivity index (χ0) is 19.9. The van der Waals surface area contributed by atoms with Crippen LogP contribution in [0.2, 0.25) is 0 Å². The fourth-order valence-corrected chi connectivity index (χ4v) is 1.92. The van der Waals surface area contributed by atoms with Gasteiger partial charge in [0, 0.05) is 5.69 Å². The minimum atomic E-state index is -4.52. The third kappa shape index (κ3) is 6.36. The Balaban J connectivity index is 1.77. The van der Waals surface area contributed by atoms with Crippen molar-refractivity contribution in [1.29, 1.82) is 5.26 Å². The first-order valence-electron chi connectivity index (χ1n) is 7.53. The van der Waals surface area contributed by atoms with E-state index in [0.717, 1.165) is 18.2 Å². The van der Waals surface area contributed by atoms with Crippen LogP contribution in [0.5, 0.6) is 5.75 Å². The smallest absolute Gasteiger partial charge is 0.416 e. The Kier molecular flexibility index (Phi) is 6.38. The van der Waals surface area contributed by atoms with Crippen LogP contribution >= 0.6 is 0 Å². The van der Waals surface area contributed by atoms with Crippen LogP contribution in [0.25, 0.3) is 0 Å². The van der Waals surface area contributed by atoms with Gasteiger partial charge in [0.15, 0.2) is 13.2 Å². The van der Waals surface area contributed by atoms with Gasteiger partial charge in [-0.25, -0.2) is 4.79 Å². The molecule has 2 aromatic carbocycles. The molecule has 0 heterocycles. The molecule has 0 saturated heterocycles. The zero-order valence-corrected chi connectivity index (χ0v) is 13.7. The van der Waals surface area contributed by atoms with Crippen molar-refractivity contribution >= 4 is 17.6 Å². The number of amides is 1. The topological polar surface area (TPSA) is 88.4 Å². The summed E-state index contributed by atoms with van der Waals surface area (Å²) in [5.41, 5.74) is -0.0726. The molecule has 1 amide bonds. The van der Waals surface area contributed by atoms with Crippen molar-refractivity contribution < 1.29 is 32.2 Å². The normalized spacial score (nSPS) is 10.6. The number of halogens is 3. The van der Waals surface area contributed by atoms with E-state index in [0.29, 0.717) is 11.3 Å². The molecular weight excluding hydrogens is 365 g/mol. The van der Waals surface area contributed by atoms with Gasteiger partial charge in [-0.05, 0) is 42.5 Å². The van der Waals surface area contributed by atoms with Crippen molar-refractivity contribution in [2.24, 2.45) is 0 Å². The average molecular weight is 378 g/mol. The molecular formula is C18H13F3N2O4. The van der Waals surface area contributed by atoms with Gasteiger partial charge in [-0.2, -0.15) is 18.4 Å². The number of hydrogen-bond acceptors (Lipinski definition) is 5. The Morgan fingerprint density at radius 1 is 1.07 bits per heavy atom. The summed E-state index contributed by atoms with van der Waals surface area (Å²) < 4.78 is 47.4. The second kappa shape index (κ2) is 8.71. The van der Waals surface area contributed by atoms with Crippen LogP contribution in [0.3, 0.4) is 0 Å². The highest BCUT2D eigenvalue weighted by Crippen LogP contribution is 2.31. The molecule has 2 rings (SSSR count). The van der Waals surface area contributed by atoms with Gasteiger partial charge in [0.25, 0.3) is 5.91 Å². The molecule has 0 aliphatic carbocycles. The van der Waals surface area contributed by atoms with Gasteiger partial charge in [0.1, 0.15) is 5.75 Å². The Bertz CT molecular complexity index is 858. The maximum Gasteiger partial charge on any atom is 0.416 e. The van der Waals surface area contributed by atoms with Crippen LogP contribution in [0.1, 0.15) is 11.1 Å². The summed E-state index contributed by atoms with van der Waals surface area (Å²) >= 11 is 0. The molecule has 0 spiro atoms. The maximum atomic E-state index is 12.6. The third-order valence-electron chi connectivity index (χ3n) is 3.18. The maximum absolute atomic E-state index is 12.6. The Hall–Kier alpha value is -3.54. The molecule has 9 heteroatoms. The number of rotatable bonds is 6. The number of hydrogen-bond donors (Lipinski definition) is 1. The highest BCUT2D eigenvalue weighted by molar-refractivity contribution is 5.92. The van der Waals surface area contributed by atoms with Crippen molar-refractivity contribution in [2.45, 2.75) is 6.18 Å². The lowest BCUT2D eigenvalue weighted by molar-refractivity contribution is -0.149. The highest BCUT2D eigenvalue weighted by atomic mass is 19.4. The quantitative estimate of drug-likeness (QED) is 0.780. The number of carbonyl (C=O) groups excluding carboxylic acids is 2. The Labute approximate surface area is 152 Å². The fraction of sp³-hybridized carbons (Fsp3) is 0.167. The molecule has 0 unspecified atom stereocenters. The van der Waals surface area contributed by atoms with Crippen LogP contribution in [-0.2, 0) is 20.5 Å². The minimum absolute atomic E-state index is 0.149. The van der Waals surface area contributed by atoms with E-state index in [1.54, 1.807) is 0 Å². The lowest BCUT2D eigenvalue weighted by Crippen LogP contribution is -2.23. The van der Waals surface area contributed by atoms with Crippen LogP contribution in [0.4, 0.5) is 18.9 Å². The van der Waals surface area contributed by atoms with E-state index in [1.807, 2.05) is 6.07 Å². The Morgan fingerprint density at radius 2 is 1.78 bits per heavy atom. The number of carbonyl (C=O) groups is 2. The molecule has 1 N–H and O–H groups in total. The van der Waals surface area contributed by atoms with Crippen molar-refractivity contribution in [3.63, 3.8) is 0 Å². The molecule has 0 radical (unpaired) electrons. The van der Waals surface area contributed by atoms with Gasteiger partial charge < -0.3 is 14.8 Å². The molecule has 0 bridgehead atoms. The van der Waals surface area contributed by atoms with Crippen molar-refractivity contribution in [2.75, 3.05) is 18.5 Å². The lowest BCUT2D eigenvalue weighted by Gasteiger charge is -2.10. The molecule has 140 valence electrons. The van der Waals surface area contributed by atoms with Gasteiger partial charge in [0.05, 0.1) is 17.2 Å². The minimum Gasteiger partial charge on any atom is -0.482 e. The van der Waals surface area contributed by atoms with E-state index in [-0.39, 0.29) is 5.75 Å². The SMILES string of the molecule is N#Cc1ccc(NC(=O)COC(=O)COc2cccc(C(F)(F)F)c2)cc1. The highest BCUT2D eigenvalue weighted by Gasteiger charge is 2.30. The first-order chi connectivity index (χ1) is 12.8. The summed E-state index contributed by atoms with van der Waals surface area (Å²) in [6, 6.07) is 12.0. The van der Waals surface area contributed by atoms with Crippen molar-refractivity contribution in [3.8, 4) is 11.8 Å². The molecule has 2 aromatic rings. The van der Waals surface area contributed by atoms with Crippen LogP contribution in [0.15, 0.2) is 48.5 Å². The fourth-order valence-electron chi connectivity index (χ4n) is 1.92. The second-order valence-electron chi connectivity index (χ2n) is 5.21.